The first kappa shape index (κ1) is 21.6. The number of aromatic nitrogens is 2. The maximum Gasteiger partial charge on any atom is 0.433 e. The largest absolute Gasteiger partial charge is 0.433 e. The van der Waals surface area contributed by atoms with Crippen LogP contribution in [-0.2, 0) is 6.18 Å². The number of likely N-dealkylation sites (tertiary alicyclic amines) is 2. The van der Waals surface area contributed by atoms with Gasteiger partial charge in [-0.25, -0.2) is 9.97 Å². The van der Waals surface area contributed by atoms with E-state index in [4.69, 9.17) is 0 Å². The Morgan fingerprint density at radius 2 is 2.07 bits per heavy atom. The molecule has 29 heavy (non-hydrogen) atoms. The zero-order chi connectivity index (χ0) is 20.7. The molecule has 0 radical (unpaired) electrons. The van der Waals surface area contributed by atoms with Gasteiger partial charge in [-0.15, -0.1) is 0 Å². The van der Waals surface area contributed by atoms with Gasteiger partial charge in [-0.2, -0.15) is 13.2 Å². The van der Waals surface area contributed by atoms with Crippen LogP contribution in [0.1, 0.15) is 31.9 Å². The lowest BCUT2D eigenvalue weighted by molar-refractivity contribution is -0.141. The number of hydrogen-bond donors (Lipinski definition) is 2. The van der Waals surface area contributed by atoms with E-state index in [1.54, 1.807) is 0 Å². The van der Waals surface area contributed by atoms with Crippen LogP contribution >= 0.6 is 0 Å². The molecular formula is C19H30F3N7. The van der Waals surface area contributed by atoms with Gasteiger partial charge in [0.1, 0.15) is 5.69 Å². The smallest absolute Gasteiger partial charge is 0.357 e. The van der Waals surface area contributed by atoms with Crippen LogP contribution in [-0.4, -0.2) is 78.1 Å². The van der Waals surface area contributed by atoms with Gasteiger partial charge in [-0.3, -0.25) is 4.99 Å². The molecule has 2 aliphatic heterocycles. The Bertz CT molecular complexity index is 674. The normalized spacial score (nSPS) is 21.0. The van der Waals surface area contributed by atoms with Crippen molar-refractivity contribution in [2.45, 2.75) is 32.4 Å². The summed E-state index contributed by atoms with van der Waals surface area (Å²) < 4.78 is 38.2. The van der Waals surface area contributed by atoms with E-state index < -0.39 is 11.9 Å². The van der Waals surface area contributed by atoms with Crippen LogP contribution in [0.25, 0.3) is 0 Å². The van der Waals surface area contributed by atoms with E-state index in [1.807, 2.05) is 6.92 Å². The van der Waals surface area contributed by atoms with Crippen LogP contribution in [0.15, 0.2) is 17.3 Å². The van der Waals surface area contributed by atoms with E-state index in [0.717, 1.165) is 50.8 Å². The minimum Gasteiger partial charge on any atom is -0.357 e. The SMILES string of the molecule is CCNC(=NCCNc1nccc(C(F)(F)F)n1)N1CCC(CN2CCCC2)C1. The molecule has 3 heterocycles. The summed E-state index contributed by atoms with van der Waals surface area (Å²) in [5.74, 6) is 1.49. The van der Waals surface area contributed by atoms with E-state index in [9.17, 15) is 13.2 Å². The van der Waals surface area contributed by atoms with Gasteiger partial charge in [-0.1, -0.05) is 0 Å². The predicted octanol–water partition coefficient (Wildman–Crippen LogP) is 2.29. The molecule has 0 bridgehead atoms. The Balaban J connectivity index is 1.48. The number of anilines is 1. The molecule has 7 nitrogen and oxygen atoms in total. The lowest BCUT2D eigenvalue weighted by atomic mass is 10.1. The van der Waals surface area contributed by atoms with Gasteiger partial charge < -0.3 is 20.4 Å². The van der Waals surface area contributed by atoms with Gasteiger partial charge in [0.2, 0.25) is 5.95 Å². The molecule has 1 atom stereocenters. The predicted molar refractivity (Wildman–Crippen MR) is 107 cm³/mol. The monoisotopic (exact) mass is 413 g/mol. The molecule has 1 unspecified atom stereocenters. The van der Waals surface area contributed by atoms with Gasteiger partial charge in [-0.05, 0) is 51.3 Å². The first-order valence-electron chi connectivity index (χ1n) is 10.4. The molecule has 0 aromatic carbocycles. The van der Waals surface area contributed by atoms with E-state index >= 15 is 0 Å². The number of hydrogen-bond acceptors (Lipinski definition) is 5. The summed E-state index contributed by atoms with van der Waals surface area (Å²) in [6.07, 6.45) is 0.414. The number of guanidine groups is 1. The maximum absolute atomic E-state index is 12.7. The number of nitrogens with one attached hydrogen (secondary N) is 2. The highest BCUT2D eigenvalue weighted by Crippen LogP contribution is 2.27. The van der Waals surface area contributed by atoms with E-state index in [-0.39, 0.29) is 5.95 Å². The van der Waals surface area contributed by atoms with Crippen molar-refractivity contribution < 1.29 is 13.2 Å². The third-order valence-corrected chi connectivity index (χ3v) is 5.24. The highest BCUT2D eigenvalue weighted by atomic mass is 19.4. The second-order valence-electron chi connectivity index (χ2n) is 7.53. The van der Waals surface area contributed by atoms with Crippen LogP contribution in [0.4, 0.5) is 19.1 Å². The number of alkyl halides is 3. The fourth-order valence-corrected chi connectivity index (χ4v) is 3.86. The van der Waals surface area contributed by atoms with Crippen LogP contribution in [0, 0.1) is 5.92 Å². The van der Waals surface area contributed by atoms with E-state index in [0.29, 0.717) is 19.0 Å². The minimum absolute atomic E-state index is 0.0353. The molecule has 1 aromatic heterocycles. The summed E-state index contributed by atoms with van der Waals surface area (Å²) in [6, 6.07) is 0.860. The van der Waals surface area contributed by atoms with Gasteiger partial charge in [0.05, 0.1) is 6.54 Å². The molecule has 0 aliphatic carbocycles. The van der Waals surface area contributed by atoms with E-state index in [2.05, 4.69) is 35.4 Å². The number of nitrogens with zero attached hydrogens (tertiary/aromatic N) is 5. The number of halogens is 3. The lowest BCUT2D eigenvalue weighted by Crippen LogP contribution is -2.41. The lowest BCUT2D eigenvalue weighted by Gasteiger charge is -2.23. The molecule has 3 rings (SSSR count). The topological polar surface area (TPSA) is 68.7 Å². The minimum atomic E-state index is -4.48. The summed E-state index contributed by atoms with van der Waals surface area (Å²) in [6.45, 7) is 9.15. The Hall–Kier alpha value is -2.10. The summed E-state index contributed by atoms with van der Waals surface area (Å²) in [5, 5.41) is 6.14. The number of rotatable bonds is 7. The fraction of sp³-hybridized carbons (Fsp3) is 0.737. The molecule has 2 N–H and O–H groups in total. The average molecular weight is 413 g/mol. The maximum atomic E-state index is 12.7. The summed E-state index contributed by atoms with van der Waals surface area (Å²) in [4.78, 5) is 16.8. The molecule has 2 fully saturated rings. The van der Waals surface area contributed by atoms with Gasteiger partial charge in [0.25, 0.3) is 0 Å². The molecule has 0 saturated carbocycles. The van der Waals surface area contributed by atoms with Crippen LogP contribution in [0.2, 0.25) is 0 Å². The van der Waals surface area contributed by atoms with Crippen LogP contribution < -0.4 is 10.6 Å². The molecule has 0 spiro atoms. The zero-order valence-corrected chi connectivity index (χ0v) is 16.9. The van der Waals surface area contributed by atoms with Crippen LogP contribution in [0.3, 0.4) is 0 Å². The first-order chi connectivity index (χ1) is 14.0. The Kier molecular flexibility index (Phi) is 7.51. The van der Waals surface area contributed by atoms with Crippen molar-refractivity contribution >= 4 is 11.9 Å². The number of aliphatic imine (C=N–C) groups is 1. The zero-order valence-electron chi connectivity index (χ0n) is 16.9. The average Bonchev–Trinajstić information content (AvgIpc) is 3.36. The van der Waals surface area contributed by atoms with E-state index in [1.165, 1.54) is 25.9 Å². The molecular weight excluding hydrogens is 383 g/mol. The Labute approximate surface area is 169 Å². The van der Waals surface area contributed by atoms with Crippen LogP contribution in [0.5, 0.6) is 0 Å². The fourth-order valence-electron chi connectivity index (χ4n) is 3.86. The molecule has 2 saturated heterocycles. The Morgan fingerprint density at radius 1 is 1.28 bits per heavy atom. The van der Waals surface area contributed by atoms with Crippen molar-refractivity contribution in [3.8, 4) is 0 Å². The van der Waals surface area contributed by atoms with Crippen molar-refractivity contribution in [3.63, 3.8) is 0 Å². The van der Waals surface area contributed by atoms with Gasteiger partial charge in [0, 0.05) is 38.9 Å². The first-order valence-corrected chi connectivity index (χ1v) is 10.4. The second kappa shape index (κ2) is 10.1. The van der Waals surface area contributed by atoms with Crippen molar-refractivity contribution in [1.82, 2.24) is 25.1 Å². The third kappa shape index (κ3) is 6.45. The van der Waals surface area contributed by atoms with Gasteiger partial charge in [0.15, 0.2) is 5.96 Å². The second-order valence-corrected chi connectivity index (χ2v) is 7.53. The van der Waals surface area contributed by atoms with Crippen molar-refractivity contribution in [3.05, 3.63) is 18.0 Å². The summed E-state index contributed by atoms with van der Waals surface area (Å²) in [5.41, 5.74) is -0.951. The summed E-state index contributed by atoms with van der Waals surface area (Å²) in [7, 11) is 0. The molecule has 10 heteroatoms. The molecule has 1 aromatic rings. The van der Waals surface area contributed by atoms with Crippen molar-refractivity contribution in [1.29, 1.82) is 0 Å². The molecule has 162 valence electrons. The highest BCUT2D eigenvalue weighted by Gasteiger charge is 2.32. The van der Waals surface area contributed by atoms with Gasteiger partial charge >= 0.3 is 6.18 Å². The highest BCUT2D eigenvalue weighted by molar-refractivity contribution is 5.80. The molecule has 0 amide bonds. The standard InChI is InChI=1S/C19H30F3N7/c1-2-23-18(29-12-6-15(14-29)13-28-10-3-4-11-28)26-9-8-25-17-24-7-5-16(27-17)19(20,21)22/h5,7,15H,2-4,6,8-14H2,1H3,(H,23,26)(H,24,25,27). The van der Waals surface area contributed by atoms with Crippen molar-refractivity contribution in [2.75, 3.05) is 57.7 Å². The summed E-state index contributed by atoms with van der Waals surface area (Å²) >= 11 is 0. The van der Waals surface area contributed by atoms with Crippen molar-refractivity contribution in [2.24, 2.45) is 10.9 Å². The quantitative estimate of drug-likeness (QED) is 0.406. The Morgan fingerprint density at radius 3 is 2.79 bits per heavy atom. The third-order valence-electron chi connectivity index (χ3n) is 5.24. The molecule has 2 aliphatic rings.